The van der Waals surface area contributed by atoms with Crippen LogP contribution >= 0.6 is 24.0 Å². The molecule has 1 N–H and O–H groups in total. The van der Waals surface area contributed by atoms with E-state index in [0.29, 0.717) is 11.4 Å². The number of carbonyl (C=O) groups excluding carboxylic acids is 1. The highest BCUT2D eigenvalue weighted by molar-refractivity contribution is 6.30. The van der Waals surface area contributed by atoms with Crippen molar-refractivity contribution < 1.29 is 4.79 Å². The molecule has 1 aliphatic heterocycles. The molecule has 0 bridgehead atoms. The van der Waals surface area contributed by atoms with Crippen LogP contribution in [-0.4, -0.2) is 43.4 Å². The molecular formula is C13H18Cl2N2O. The third-order valence-electron chi connectivity index (χ3n) is 3.03. The number of carbonyl (C=O) groups is 1. The Morgan fingerprint density at radius 1 is 1.22 bits per heavy atom. The smallest absolute Gasteiger partial charge is 0.164 e. The maximum absolute atomic E-state index is 11.9. The van der Waals surface area contributed by atoms with E-state index in [0.717, 1.165) is 38.3 Å². The molecule has 1 saturated heterocycles. The number of Topliss-reactive ketones (excluding diaryl/α,β-unsaturated/α-hetero) is 1. The first-order valence-corrected chi connectivity index (χ1v) is 6.35. The molecule has 100 valence electrons. The van der Waals surface area contributed by atoms with Gasteiger partial charge in [0, 0.05) is 49.7 Å². The highest BCUT2D eigenvalue weighted by Gasteiger charge is 2.12. The molecule has 2 rings (SSSR count). The average Bonchev–Trinajstić information content (AvgIpc) is 2.38. The summed E-state index contributed by atoms with van der Waals surface area (Å²) in [5.74, 6) is 0.195. The lowest BCUT2D eigenvalue weighted by Crippen LogP contribution is -2.44. The molecule has 0 amide bonds. The van der Waals surface area contributed by atoms with Gasteiger partial charge in [-0.1, -0.05) is 11.6 Å². The van der Waals surface area contributed by atoms with Crippen LogP contribution in [-0.2, 0) is 0 Å². The Morgan fingerprint density at radius 2 is 1.83 bits per heavy atom. The van der Waals surface area contributed by atoms with E-state index in [4.69, 9.17) is 11.6 Å². The van der Waals surface area contributed by atoms with Gasteiger partial charge in [0.2, 0.25) is 0 Å². The van der Waals surface area contributed by atoms with Gasteiger partial charge in [0.25, 0.3) is 0 Å². The molecule has 5 heteroatoms. The average molecular weight is 289 g/mol. The van der Waals surface area contributed by atoms with Gasteiger partial charge in [-0.2, -0.15) is 0 Å². The van der Waals surface area contributed by atoms with Gasteiger partial charge in [-0.25, -0.2) is 0 Å². The highest BCUT2D eigenvalue weighted by Crippen LogP contribution is 2.11. The minimum atomic E-state index is 0. The molecule has 0 aliphatic carbocycles. The van der Waals surface area contributed by atoms with Crippen molar-refractivity contribution >= 4 is 29.8 Å². The quantitative estimate of drug-likeness (QED) is 0.863. The maximum Gasteiger partial charge on any atom is 0.164 e. The summed E-state index contributed by atoms with van der Waals surface area (Å²) in [5, 5.41) is 3.97. The van der Waals surface area contributed by atoms with Crippen LogP contribution in [0.5, 0.6) is 0 Å². The molecule has 1 aliphatic rings. The molecule has 0 spiro atoms. The summed E-state index contributed by atoms with van der Waals surface area (Å²) in [6, 6.07) is 7.12. The fourth-order valence-electron chi connectivity index (χ4n) is 1.97. The summed E-state index contributed by atoms with van der Waals surface area (Å²) >= 11 is 5.79. The largest absolute Gasteiger partial charge is 0.314 e. The Balaban J connectivity index is 0.00000162. The number of rotatable bonds is 4. The molecule has 0 saturated carbocycles. The highest BCUT2D eigenvalue weighted by atomic mass is 35.5. The zero-order chi connectivity index (χ0) is 12.1. The predicted octanol–water partition coefficient (Wildman–Crippen LogP) is 2.24. The normalized spacial score (nSPS) is 16.1. The monoisotopic (exact) mass is 288 g/mol. The molecule has 1 aromatic rings. The van der Waals surface area contributed by atoms with Crippen molar-refractivity contribution in [1.82, 2.24) is 10.2 Å². The zero-order valence-corrected chi connectivity index (χ0v) is 11.8. The molecule has 3 nitrogen and oxygen atoms in total. The molecule has 0 atom stereocenters. The maximum atomic E-state index is 11.9. The van der Waals surface area contributed by atoms with Crippen molar-refractivity contribution in [2.45, 2.75) is 6.42 Å². The van der Waals surface area contributed by atoms with Crippen LogP contribution in [0.2, 0.25) is 5.02 Å². The van der Waals surface area contributed by atoms with Crippen LogP contribution < -0.4 is 5.32 Å². The van der Waals surface area contributed by atoms with Gasteiger partial charge in [0.15, 0.2) is 5.78 Å². The van der Waals surface area contributed by atoms with Gasteiger partial charge in [-0.3, -0.25) is 4.79 Å². The first-order valence-electron chi connectivity index (χ1n) is 5.97. The van der Waals surface area contributed by atoms with Gasteiger partial charge in [0.1, 0.15) is 0 Å². The fourth-order valence-corrected chi connectivity index (χ4v) is 2.10. The van der Waals surface area contributed by atoms with Crippen molar-refractivity contribution in [2.24, 2.45) is 0 Å². The number of benzene rings is 1. The topological polar surface area (TPSA) is 32.3 Å². The number of hydrogen-bond acceptors (Lipinski definition) is 3. The van der Waals surface area contributed by atoms with Gasteiger partial charge in [-0.15, -0.1) is 12.4 Å². The number of nitrogens with one attached hydrogen (secondary N) is 1. The first kappa shape index (κ1) is 15.4. The Labute approximate surface area is 119 Å². The SMILES string of the molecule is Cl.O=C(CCN1CCNCC1)c1ccc(Cl)cc1. The van der Waals surface area contributed by atoms with Crippen molar-refractivity contribution in [2.75, 3.05) is 32.7 Å². The zero-order valence-electron chi connectivity index (χ0n) is 10.2. The molecule has 18 heavy (non-hydrogen) atoms. The number of hydrogen-bond donors (Lipinski definition) is 1. The lowest BCUT2D eigenvalue weighted by atomic mass is 10.1. The van der Waals surface area contributed by atoms with E-state index in [1.807, 2.05) is 0 Å². The van der Waals surface area contributed by atoms with Gasteiger partial charge in [0.05, 0.1) is 0 Å². The van der Waals surface area contributed by atoms with Crippen molar-refractivity contribution in [3.05, 3.63) is 34.9 Å². The molecule has 1 aromatic carbocycles. The minimum Gasteiger partial charge on any atom is -0.314 e. The standard InChI is InChI=1S/C13H17ClN2O.ClH/c14-12-3-1-11(2-4-12)13(17)5-8-16-9-6-15-7-10-16;/h1-4,15H,5-10H2;1H. The van der Waals surface area contributed by atoms with E-state index < -0.39 is 0 Å². The molecule has 0 unspecified atom stereocenters. The van der Waals surface area contributed by atoms with E-state index in [1.54, 1.807) is 24.3 Å². The second-order valence-corrected chi connectivity index (χ2v) is 4.71. The number of ketones is 1. The summed E-state index contributed by atoms with van der Waals surface area (Å²) in [6.07, 6.45) is 0.585. The van der Waals surface area contributed by atoms with Crippen LogP contribution in [0.1, 0.15) is 16.8 Å². The minimum absolute atomic E-state index is 0. The second-order valence-electron chi connectivity index (χ2n) is 4.27. The summed E-state index contributed by atoms with van der Waals surface area (Å²) in [6.45, 7) is 4.97. The number of halogens is 2. The van der Waals surface area contributed by atoms with Crippen LogP contribution in [0.4, 0.5) is 0 Å². The lowest BCUT2D eigenvalue weighted by molar-refractivity contribution is 0.0960. The third-order valence-corrected chi connectivity index (χ3v) is 3.28. The Kier molecular flexibility index (Phi) is 6.65. The second kappa shape index (κ2) is 7.74. The van der Waals surface area contributed by atoms with Gasteiger partial charge < -0.3 is 10.2 Å². The molecule has 0 aromatic heterocycles. The Hall–Kier alpha value is -0.610. The number of piperazine rings is 1. The van der Waals surface area contributed by atoms with E-state index in [1.165, 1.54) is 0 Å². The van der Waals surface area contributed by atoms with Gasteiger partial charge >= 0.3 is 0 Å². The van der Waals surface area contributed by atoms with Gasteiger partial charge in [-0.05, 0) is 24.3 Å². The third kappa shape index (κ3) is 4.58. The summed E-state index contributed by atoms with van der Waals surface area (Å²) in [5.41, 5.74) is 0.754. The molecular weight excluding hydrogens is 271 g/mol. The van der Waals surface area contributed by atoms with Crippen molar-refractivity contribution in [3.8, 4) is 0 Å². The van der Waals surface area contributed by atoms with Crippen LogP contribution in [0.25, 0.3) is 0 Å². The van der Waals surface area contributed by atoms with E-state index in [2.05, 4.69) is 10.2 Å². The van der Waals surface area contributed by atoms with E-state index >= 15 is 0 Å². The predicted molar refractivity (Wildman–Crippen MR) is 77.0 cm³/mol. The summed E-state index contributed by atoms with van der Waals surface area (Å²) in [4.78, 5) is 14.2. The Morgan fingerprint density at radius 3 is 2.44 bits per heavy atom. The van der Waals surface area contributed by atoms with Crippen LogP contribution in [0, 0.1) is 0 Å². The van der Waals surface area contributed by atoms with Crippen LogP contribution in [0.15, 0.2) is 24.3 Å². The van der Waals surface area contributed by atoms with E-state index in [-0.39, 0.29) is 18.2 Å². The molecule has 1 heterocycles. The number of nitrogens with zero attached hydrogens (tertiary/aromatic N) is 1. The summed E-state index contributed by atoms with van der Waals surface area (Å²) < 4.78 is 0. The van der Waals surface area contributed by atoms with Crippen molar-refractivity contribution in [3.63, 3.8) is 0 Å². The van der Waals surface area contributed by atoms with E-state index in [9.17, 15) is 4.79 Å². The lowest BCUT2D eigenvalue weighted by Gasteiger charge is -2.26. The fraction of sp³-hybridized carbons (Fsp3) is 0.462. The summed E-state index contributed by atoms with van der Waals surface area (Å²) in [7, 11) is 0. The van der Waals surface area contributed by atoms with Crippen molar-refractivity contribution in [1.29, 1.82) is 0 Å². The van der Waals surface area contributed by atoms with Crippen LogP contribution in [0.3, 0.4) is 0 Å². The Bertz CT molecular complexity index is 375. The molecule has 0 radical (unpaired) electrons. The first-order chi connectivity index (χ1) is 8.25. The molecule has 1 fully saturated rings.